The predicted molar refractivity (Wildman–Crippen MR) is 75.4 cm³/mol. The number of ether oxygens (including phenoxy) is 1. The van der Waals surface area contributed by atoms with Crippen LogP contribution in [0.4, 0.5) is 0 Å². The van der Waals surface area contributed by atoms with E-state index >= 15 is 0 Å². The van der Waals surface area contributed by atoms with Crippen LogP contribution in [-0.4, -0.2) is 35.9 Å². The van der Waals surface area contributed by atoms with Gasteiger partial charge in [0.2, 0.25) is 0 Å². The Labute approximate surface area is 115 Å². The summed E-state index contributed by atoms with van der Waals surface area (Å²) in [5.74, 6) is 0. The minimum Gasteiger partial charge on any atom is -0.381 e. The highest BCUT2D eigenvalue weighted by atomic mass is 16.5. The molecular formula is C15H25N3O. The molecule has 0 unspecified atom stereocenters. The van der Waals surface area contributed by atoms with E-state index in [9.17, 15) is 0 Å². The van der Waals surface area contributed by atoms with Gasteiger partial charge in [-0.3, -0.25) is 0 Å². The third-order valence-electron chi connectivity index (χ3n) is 5.12. The van der Waals surface area contributed by atoms with E-state index in [-0.39, 0.29) is 11.0 Å². The van der Waals surface area contributed by atoms with Gasteiger partial charge in [-0.15, -0.1) is 0 Å². The molecule has 1 N–H and O–H groups in total. The van der Waals surface area contributed by atoms with Gasteiger partial charge in [-0.1, -0.05) is 6.92 Å². The van der Waals surface area contributed by atoms with E-state index in [1.54, 1.807) is 0 Å². The molecule has 0 radical (unpaired) electrons. The molecule has 2 fully saturated rings. The van der Waals surface area contributed by atoms with Gasteiger partial charge in [-0.05, 0) is 45.7 Å². The highest BCUT2D eigenvalue weighted by molar-refractivity contribution is 5.18. The van der Waals surface area contributed by atoms with Crippen LogP contribution in [0.1, 0.15) is 45.2 Å². The van der Waals surface area contributed by atoms with Crippen molar-refractivity contribution in [1.29, 1.82) is 0 Å². The Hall–Kier alpha value is -0.870. The first kappa shape index (κ1) is 13.1. The maximum absolute atomic E-state index is 5.53. The number of rotatable bonds is 2. The molecule has 0 atom stereocenters. The van der Waals surface area contributed by atoms with Crippen molar-refractivity contribution < 1.29 is 4.74 Å². The van der Waals surface area contributed by atoms with Gasteiger partial charge in [0.25, 0.3) is 0 Å². The Morgan fingerprint density at radius 2 is 1.84 bits per heavy atom. The summed E-state index contributed by atoms with van der Waals surface area (Å²) in [4.78, 5) is 4.46. The smallest absolute Gasteiger partial charge is 0.0953 e. The summed E-state index contributed by atoms with van der Waals surface area (Å²) in [6.07, 6.45) is 8.70. The third kappa shape index (κ3) is 2.32. The lowest BCUT2D eigenvalue weighted by atomic mass is 9.77. The minimum absolute atomic E-state index is 0.179. The molecule has 3 rings (SSSR count). The Bertz CT molecular complexity index is 390. The van der Waals surface area contributed by atoms with E-state index in [0.717, 1.165) is 39.1 Å². The molecule has 19 heavy (non-hydrogen) atoms. The lowest BCUT2D eigenvalue weighted by molar-refractivity contribution is 0.0266. The van der Waals surface area contributed by atoms with Crippen LogP contribution in [0.25, 0.3) is 0 Å². The molecule has 2 aliphatic heterocycles. The first-order chi connectivity index (χ1) is 9.14. The molecule has 0 aromatic carbocycles. The SMILES string of the molecule is CC1(c2cncn2C2(C)CCOCC2)CCNCC1. The lowest BCUT2D eigenvalue weighted by Crippen LogP contribution is -2.43. The molecule has 0 aliphatic carbocycles. The van der Waals surface area contributed by atoms with Crippen molar-refractivity contribution >= 4 is 0 Å². The molecule has 4 heteroatoms. The fourth-order valence-corrected chi connectivity index (χ4v) is 3.46. The molecule has 4 nitrogen and oxygen atoms in total. The molecule has 1 aromatic heterocycles. The predicted octanol–water partition coefficient (Wildman–Crippen LogP) is 2.05. The van der Waals surface area contributed by atoms with Gasteiger partial charge < -0.3 is 14.6 Å². The Kier molecular flexibility index (Phi) is 3.39. The van der Waals surface area contributed by atoms with Gasteiger partial charge in [0, 0.05) is 36.1 Å². The Balaban J connectivity index is 1.93. The summed E-state index contributed by atoms with van der Waals surface area (Å²) in [5.41, 5.74) is 1.86. The van der Waals surface area contributed by atoms with Crippen LogP contribution in [0, 0.1) is 0 Å². The molecule has 0 bridgehead atoms. The van der Waals surface area contributed by atoms with Crippen molar-refractivity contribution in [1.82, 2.24) is 14.9 Å². The number of imidazole rings is 1. The van der Waals surface area contributed by atoms with Crippen molar-refractivity contribution in [3.05, 3.63) is 18.2 Å². The van der Waals surface area contributed by atoms with Crippen LogP contribution in [-0.2, 0) is 15.7 Å². The lowest BCUT2D eigenvalue weighted by Gasteiger charge is -2.41. The van der Waals surface area contributed by atoms with Crippen molar-refractivity contribution in [2.45, 2.75) is 50.5 Å². The van der Waals surface area contributed by atoms with E-state index in [0.29, 0.717) is 0 Å². The highest BCUT2D eigenvalue weighted by Crippen LogP contribution is 2.38. The number of nitrogens with one attached hydrogen (secondary N) is 1. The Morgan fingerprint density at radius 3 is 2.53 bits per heavy atom. The van der Waals surface area contributed by atoms with Crippen LogP contribution in [0.5, 0.6) is 0 Å². The van der Waals surface area contributed by atoms with E-state index < -0.39 is 0 Å². The summed E-state index contributed by atoms with van der Waals surface area (Å²) in [6, 6.07) is 0. The molecule has 2 aliphatic rings. The number of hydrogen-bond acceptors (Lipinski definition) is 3. The molecule has 3 heterocycles. The summed E-state index contributed by atoms with van der Waals surface area (Å²) < 4.78 is 7.97. The van der Waals surface area contributed by atoms with Crippen LogP contribution < -0.4 is 5.32 Å². The summed E-state index contributed by atoms with van der Waals surface area (Å²) in [7, 11) is 0. The number of nitrogens with zero attached hydrogens (tertiary/aromatic N) is 2. The first-order valence-electron chi connectivity index (χ1n) is 7.46. The molecular weight excluding hydrogens is 238 g/mol. The summed E-state index contributed by atoms with van der Waals surface area (Å²) >= 11 is 0. The number of piperidine rings is 1. The zero-order valence-electron chi connectivity index (χ0n) is 12.1. The minimum atomic E-state index is 0.179. The second-order valence-corrected chi connectivity index (χ2v) is 6.57. The van der Waals surface area contributed by atoms with Crippen molar-refractivity contribution in [2.24, 2.45) is 0 Å². The second-order valence-electron chi connectivity index (χ2n) is 6.57. The van der Waals surface area contributed by atoms with Gasteiger partial charge in [0.05, 0.1) is 6.33 Å². The molecule has 0 spiro atoms. The monoisotopic (exact) mass is 263 g/mol. The average molecular weight is 263 g/mol. The van der Waals surface area contributed by atoms with Crippen molar-refractivity contribution in [2.75, 3.05) is 26.3 Å². The van der Waals surface area contributed by atoms with Crippen LogP contribution >= 0.6 is 0 Å². The molecule has 1 aromatic rings. The molecule has 0 saturated carbocycles. The Morgan fingerprint density at radius 1 is 1.16 bits per heavy atom. The molecule has 106 valence electrons. The van der Waals surface area contributed by atoms with Gasteiger partial charge in [0.15, 0.2) is 0 Å². The van der Waals surface area contributed by atoms with Crippen molar-refractivity contribution in [3.8, 4) is 0 Å². The van der Waals surface area contributed by atoms with Gasteiger partial charge in [-0.2, -0.15) is 0 Å². The maximum atomic E-state index is 5.53. The molecule has 2 saturated heterocycles. The quantitative estimate of drug-likeness (QED) is 0.887. The average Bonchev–Trinajstić information content (AvgIpc) is 2.91. The third-order valence-corrected chi connectivity index (χ3v) is 5.12. The van der Waals surface area contributed by atoms with Crippen LogP contribution in [0.2, 0.25) is 0 Å². The fourth-order valence-electron chi connectivity index (χ4n) is 3.46. The van der Waals surface area contributed by atoms with Crippen LogP contribution in [0.3, 0.4) is 0 Å². The second kappa shape index (κ2) is 4.91. The zero-order valence-corrected chi connectivity index (χ0v) is 12.1. The van der Waals surface area contributed by atoms with Crippen molar-refractivity contribution in [3.63, 3.8) is 0 Å². The van der Waals surface area contributed by atoms with E-state index in [2.05, 4.69) is 34.9 Å². The van der Waals surface area contributed by atoms with E-state index in [1.807, 2.05) is 6.33 Å². The fraction of sp³-hybridized carbons (Fsp3) is 0.800. The van der Waals surface area contributed by atoms with Gasteiger partial charge in [-0.25, -0.2) is 4.98 Å². The molecule has 0 amide bonds. The first-order valence-corrected chi connectivity index (χ1v) is 7.46. The standard InChI is InChI=1S/C15H25N3O/c1-14(3-7-16-8-4-14)13-11-17-12-18(13)15(2)5-9-19-10-6-15/h11-12,16H,3-10H2,1-2H3. The zero-order chi connectivity index (χ0) is 13.3. The largest absolute Gasteiger partial charge is 0.381 e. The summed E-state index contributed by atoms with van der Waals surface area (Å²) in [5, 5.41) is 3.46. The van der Waals surface area contributed by atoms with Gasteiger partial charge >= 0.3 is 0 Å². The van der Waals surface area contributed by atoms with E-state index in [1.165, 1.54) is 18.5 Å². The van der Waals surface area contributed by atoms with Gasteiger partial charge in [0.1, 0.15) is 0 Å². The normalized spacial score (nSPS) is 26.2. The number of aromatic nitrogens is 2. The highest BCUT2D eigenvalue weighted by Gasteiger charge is 2.37. The van der Waals surface area contributed by atoms with Crippen LogP contribution in [0.15, 0.2) is 12.5 Å². The topological polar surface area (TPSA) is 39.1 Å². The number of hydrogen-bond donors (Lipinski definition) is 1. The summed E-state index contributed by atoms with van der Waals surface area (Å²) in [6.45, 7) is 8.71. The van der Waals surface area contributed by atoms with E-state index in [4.69, 9.17) is 4.74 Å². The maximum Gasteiger partial charge on any atom is 0.0953 e.